The van der Waals surface area contributed by atoms with E-state index in [1.54, 1.807) is 43.3 Å². The van der Waals surface area contributed by atoms with E-state index in [4.69, 9.17) is 16.3 Å². The van der Waals surface area contributed by atoms with E-state index in [-0.39, 0.29) is 5.56 Å². The van der Waals surface area contributed by atoms with Gasteiger partial charge in [-0.2, -0.15) is 0 Å². The van der Waals surface area contributed by atoms with Crippen LogP contribution < -0.4 is 5.32 Å². The molecule has 0 spiro atoms. The van der Waals surface area contributed by atoms with Crippen molar-refractivity contribution in [3.63, 3.8) is 0 Å². The molecule has 1 atom stereocenters. The van der Waals surface area contributed by atoms with E-state index in [9.17, 15) is 13.8 Å². The van der Waals surface area contributed by atoms with Crippen molar-refractivity contribution in [1.82, 2.24) is 0 Å². The summed E-state index contributed by atoms with van der Waals surface area (Å²) in [5, 5.41) is 3.23. The molecule has 5 nitrogen and oxygen atoms in total. The van der Waals surface area contributed by atoms with Gasteiger partial charge in [-0.05, 0) is 42.8 Å². The molecule has 1 N–H and O–H groups in total. The fourth-order valence-electron chi connectivity index (χ4n) is 2.15. The lowest BCUT2D eigenvalue weighted by molar-refractivity contribution is -0.119. The Labute approximate surface area is 153 Å². The third-order valence-corrected chi connectivity index (χ3v) is 5.02. The molecule has 0 saturated heterocycles. The number of nitrogens with one attached hydrogen (secondary N) is 1. The van der Waals surface area contributed by atoms with Crippen LogP contribution in [0.25, 0.3) is 0 Å². The first kappa shape index (κ1) is 19.1. The summed E-state index contributed by atoms with van der Waals surface area (Å²) >= 11 is 5.87. The highest BCUT2D eigenvalue weighted by Crippen LogP contribution is 2.19. The molecular weight excluding hydrogens is 362 g/mol. The predicted molar refractivity (Wildman–Crippen MR) is 98.5 cm³/mol. The molecular formula is C18H18ClNO4S. The third kappa shape index (κ3) is 5.14. The number of carbonyl (C=O) groups is 2. The highest BCUT2D eigenvalue weighted by molar-refractivity contribution is 7.85. The number of carbonyl (C=O) groups excluding carboxylic acids is 2. The number of benzene rings is 2. The number of anilines is 1. The van der Waals surface area contributed by atoms with Crippen molar-refractivity contribution in [2.24, 2.45) is 0 Å². The Morgan fingerprint density at radius 2 is 1.92 bits per heavy atom. The summed E-state index contributed by atoms with van der Waals surface area (Å²) in [5.74, 6) is -0.756. The zero-order chi connectivity index (χ0) is 18.4. The van der Waals surface area contributed by atoms with Gasteiger partial charge in [-0.1, -0.05) is 30.7 Å². The average molecular weight is 380 g/mol. The van der Waals surface area contributed by atoms with Crippen LogP contribution >= 0.6 is 11.6 Å². The van der Waals surface area contributed by atoms with Crippen LogP contribution in [-0.2, 0) is 20.3 Å². The number of hydrogen-bond donors (Lipinski definition) is 1. The summed E-state index contributed by atoms with van der Waals surface area (Å²) in [7, 11) is -1.29. The number of halogens is 1. The maximum Gasteiger partial charge on any atom is 0.339 e. The number of hydrogen-bond acceptors (Lipinski definition) is 4. The first-order valence-electron chi connectivity index (χ1n) is 7.63. The van der Waals surface area contributed by atoms with Crippen molar-refractivity contribution >= 4 is 40.0 Å². The molecule has 2 aromatic rings. The Hall–Kier alpha value is -2.18. The number of aryl methyl sites for hydroxylation is 1. The SMILES string of the molecule is CC[S@@](=O)c1ccccc1C(=O)OCC(=O)Nc1ccc(Cl)cc1C. The van der Waals surface area contributed by atoms with Gasteiger partial charge in [0.05, 0.1) is 21.3 Å². The van der Waals surface area contributed by atoms with Gasteiger partial charge >= 0.3 is 5.97 Å². The second kappa shape index (κ2) is 8.78. The van der Waals surface area contributed by atoms with Gasteiger partial charge in [0.1, 0.15) is 0 Å². The number of ether oxygens (including phenoxy) is 1. The van der Waals surface area contributed by atoms with Gasteiger partial charge in [-0.15, -0.1) is 0 Å². The van der Waals surface area contributed by atoms with Gasteiger partial charge in [-0.25, -0.2) is 4.79 Å². The Morgan fingerprint density at radius 3 is 2.60 bits per heavy atom. The molecule has 2 rings (SSSR count). The monoisotopic (exact) mass is 379 g/mol. The van der Waals surface area contributed by atoms with Gasteiger partial charge in [0.15, 0.2) is 6.61 Å². The highest BCUT2D eigenvalue weighted by Gasteiger charge is 2.17. The standard InChI is InChI=1S/C18H18ClNO4S/c1-3-25(23)16-7-5-4-6-14(16)18(22)24-11-17(21)20-15-9-8-13(19)10-12(15)2/h4-10H,3,11H2,1-2H3,(H,20,21)/t25-/m1/s1. The average Bonchev–Trinajstić information content (AvgIpc) is 2.61. The summed E-state index contributed by atoms with van der Waals surface area (Å²) in [4.78, 5) is 24.6. The summed E-state index contributed by atoms with van der Waals surface area (Å²) < 4.78 is 17.0. The van der Waals surface area contributed by atoms with E-state index in [0.717, 1.165) is 5.56 Å². The van der Waals surface area contributed by atoms with E-state index in [0.29, 0.717) is 21.4 Å². The molecule has 132 valence electrons. The van der Waals surface area contributed by atoms with Crippen LogP contribution in [-0.4, -0.2) is 28.4 Å². The molecule has 25 heavy (non-hydrogen) atoms. The van der Waals surface area contributed by atoms with Crippen LogP contribution in [0, 0.1) is 6.92 Å². The van der Waals surface area contributed by atoms with E-state index >= 15 is 0 Å². The number of rotatable bonds is 6. The predicted octanol–water partition coefficient (Wildman–Crippen LogP) is 3.57. The minimum absolute atomic E-state index is 0.207. The van der Waals surface area contributed by atoms with E-state index in [1.165, 1.54) is 6.07 Å². The van der Waals surface area contributed by atoms with Gasteiger partial charge in [0, 0.05) is 16.5 Å². The second-order valence-electron chi connectivity index (χ2n) is 5.21. The summed E-state index contributed by atoms with van der Waals surface area (Å²) in [5.41, 5.74) is 1.60. The van der Waals surface area contributed by atoms with E-state index in [2.05, 4.69) is 5.32 Å². The van der Waals surface area contributed by atoms with Crippen molar-refractivity contribution in [2.45, 2.75) is 18.7 Å². The Kier molecular flexibility index (Phi) is 6.73. The Morgan fingerprint density at radius 1 is 1.20 bits per heavy atom. The molecule has 1 amide bonds. The molecule has 0 aliphatic rings. The molecule has 0 saturated carbocycles. The van der Waals surface area contributed by atoms with E-state index < -0.39 is 29.3 Å². The van der Waals surface area contributed by atoms with Crippen LogP contribution in [0.15, 0.2) is 47.4 Å². The Bertz CT molecular complexity index is 822. The molecule has 0 aliphatic heterocycles. The normalized spacial score (nSPS) is 11.6. The van der Waals surface area contributed by atoms with Crippen LogP contribution in [0.2, 0.25) is 5.02 Å². The Balaban J connectivity index is 2.00. The lowest BCUT2D eigenvalue weighted by Crippen LogP contribution is -2.22. The minimum Gasteiger partial charge on any atom is -0.452 e. The molecule has 0 aromatic heterocycles. The van der Waals surface area contributed by atoms with Crippen LogP contribution in [0.5, 0.6) is 0 Å². The van der Waals surface area contributed by atoms with Gasteiger partial charge in [0.25, 0.3) is 5.91 Å². The minimum atomic E-state index is -1.29. The molecule has 0 heterocycles. The largest absolute Gasteiger partial charge is 0.452 e. The van der Waals surface area contributed by atoms with Gasteiger partial charge in [0.2, 0.25) is 0 Å². The van der Waals surface area contributed by atoms with Crippen molar-refractivity contribution in [3.05, 3.63) is 58.6 Å². The lowest BCUT2D eigenvalue weighted by atomic mass is 10.2. The lowest BCUT2D eigenvalue weighted by Gasteiger charge is -2.10. The molecule has 0 radical (unpaired) electrons. The van der Waals surface area contributed by atoms with Crippen molar-refractivity contribution in [3.8, 4) is 0 Å². The van der Waals surface area contributed by atoms with Crippen LogP contribution in [0.4, 0.5) is 5.69 Å². The van der Waals surface area contributed by atoms with Gasteiger partial charge in [-0.3, -0.25) is 9.00 Å². The first-order chi connectivity index (χ1) is 11.9. The molecule has 2 aromatic carbocycles. The van der Waals surface area contributed by atoms with Crippen molar-refractivity contribution < 1.29 is 18.5 Å². The second-order valence-corrected chi connectivity index (χ2v) is 7.36. The maximum atomic E-state index is 12.2. The zero-order valence-corrected chi connectivity index (χ0v) is 15.4. The van der Waals surface area contributed by atoms with E-state index in [1.807, 2.05) is 6.92 Å². The van der Waals surface area contributed by atoms with Gasteiger partial charge < -0.3 is 10.1 Å². The summed E-state index contributed by atoms with van der Waals surface area (Å²) in [6, 6.07) is 11.6. The molecule has 0 aliphatic carbocycles. The van der Waals surface area contributed by atoms with Crippen molar-refractivity contribution in [2.75, 3.05) is 17.7 Å². The smallest absolute Gasteiger partial charge is 0.339 e. The number of amides is 1. The quantitative estimate of drug-likeness (QED) is 0.779. The highest BCUT2D eigenvalue weighted by atomic mass is 35.5. The fourth-order valence-corrected chi connectivity index (χ4v) is 3.32. The molecule has 0 fully saturated rings. The number of esters is 1. The zero-order valence-electron chi connectivity index (χ0n) is 13.9. The fraction of sp³-hybridized carbons (Fsp3) is 0.222. The molecule has 0 bridgehead atoms. The third-order valence-electron chi connectivity index (χ3n) is 3.41. The topological polar surface area (TPSA) is 72.5 Å². The van der Waals surface area contributed by atoms with Crippen LogP contribution in [0.3, 0.4) is 0 Å². The summed E-state index contributed by atoms with van der Waals surface area (Å²) in [6.45, 7) is 3.14. The van der Waals surface area contributed by atoms with Crippen molar-refractivity contribution in [1.29, 1.82) is 0 Å². The molecule has 7 heteroatoms. The maximum absolute atomic E-state index is 12.2. The molecule has 0 unspecified atom stereocenters. The van der Waals surface area contributed by atoms with Crippen LogP contribution in [0.1, 0.15) is 22.8 Å². The summed E-state index contributed by atoms with van der Waals surface area (Å²) in [6.07, 6.45) is 0. The first-order valence-corrected chi connectivity index (χ1v) is 9.32.